The number of nitrogens with two attached hydrogens (primary N) is 1. The third-order valence-electron chi connectivity index (χ3n) is 3.43. The molecule has 21 heavy (non-hydrogen) atoms. The van der Waals surface area contributed by atoms with Crippen LogP contribution in [0.3, 0.4) is 0 Å². The Morgan fingerprint density at radius 1 is 1.48 bits per heavy atom. The lowest BCUT2D eigenvalue weighted by molar-refractivity contribution is 0.290. The minimum Gasteiger partial charge on any atom is -0.476 e. The molecule has 4 nitrogen and oxygen atoms in total. The topological polar surface area (TPSA) is 51.4 Å². The number of hydrogen-bond donors (Lipinski definition) is 1. The predicted molar refractivity (Wildman–Crippen MR) is 91.0 cm³/mol. The Bertz CT molecular complexity index is 627. The summed E-state index contributed by atoms with van der Waals surface area (Å²) in [5, 5.41) is 2.09. The Hall–Kier alpha value is -1.27. The van der Waals surface area contributed by atoms with Crippen molar-refractivity contribution < 1.29 is 4.74 Å². The van der Waals surface area contributed by atoms with Gasteiger partial charge in [-0.25, -0.2) is 0 Å². The number of anilines is 2. The quantitative estimate of drug-likeness (QED) is 0.840. The standard InChI is InChI=1S/C15H18BrN3OS/c1-19(7-12-6-11(16)9-21-12)14-5-4-13(17)15(18-14)20-8-10-2-3-10/h4-6,9-10H,2-3,7-8,17H2,1H3. The van der Waals surface area contributed by atoms with Crippen LogP contribution in [0.15, 0.2) is 28.1 Å². The van der Waals surface area contributed by atoms with Crippen molar-refractivity contribution in [3.05, 3.63) is 32.9 Å². The summed E-state index contributed by atoms with van der Waals surface area (Å²) < 4.78 is 6.86. The molecule has 112 valence electrons. The minimum absolute atomic E-state index is 0.554. The number of rotatable bonds is 6. The van der Waals surface area contributed by atoms with Crippen LogP contribution >= 0.6 is 27.3 Å². The summed E-state index contributed by atoms with van der Waals surface area (Å²) in [6, 6.07) is 5.93. The normalized spacial score (nSPS) is 14.2. The second-order valence-electron chi connectivity index (χ2n) is 5.41. The van der Waals surface area contributed by atoms with Gasteiger partial charge in [0.25, 0.3) is 0 Å². The Balaban J connectivity index is 1.69. The first-order valence-electron chi connectivity index (χ1n) is 6.95. The van der Waals surface area contributed by atoms with Gasteiger partial charge in [0, 0.05) is 21.8 Å². The number of hydrogen-bond acceptors (Lipinski definition) is 5. The van der Waals surface area contributed by atoms with Crippen molar-refractivity contribution in [3.63, 3.8) is 0 Å². The van der Waals surface area contributed by atoms with E-state index < -0.39 is 0 Å². The van der Waals surface area contributed by atoms with Crippen LogP contribution < -0.4 is 15.4 Å². The molecular weight excluding hydrogens is 350 g/mol. The third-order valence-corrected chi connectivity index (χ3v) is 5.12. The average molecular weight is 368 g/mol. The van der Waals surface area contributed by atoms with Crippen LogP contribution in [0.25, 0.3) is 0 Å². The van der Waals surface area contributed by atoms with Crippen LogP contribution in [0.4, 0.5) is 11.5 Å². The molecule has 1 aliphatic carbocycles. The molecule has 0 bridgehead atoms. The molecule has 0 unspecified atom stereocenters. The second-order valence-corrected chi connectivity index (χ2v) is 7.32. The maximum absolute atomic E-state index is 5.94. The summed E-state index contributed by atoms with van der Waals surface area (Å²) in [6.45, 7) is 1.54. The van der Waals surface area contributed by atoms with Crippen LogP contribution in [0.1, 0.15) is 17.7 Å². The van der Waals surface area contributed by atoms with Gasteiger partial charge in [0.05, 0.1) is 18.8 Å². The number of nitrogens with zero attached hydrogens (tertiary/aromatic N) is 2. The molecule has 1 saturated carbocycles. The molecule has 0 aromatic carbocycles. The SMILES string of the molecule is CN(Cc1cc(Br)cs1)c1ccc(N)c(OCC2CC2)n1. The van der Waals surface area contributed by atoms with E-state index in [2.05, 4.69) is 37.3 Å². The molecule has 2 N–H and O–H groups in total. The van der Waals surface area contributed by atoms with Gasteiger partial charge in [0.1, 0.15) is 5.82 Å². The van der Waals surface area contributed by atoms with Crippen molar-refractivity contribution in [1.82, 2.24) is 4.98 Å². The zero-order chi connectivity index (χ0) is 14.8. The highest BCUT2D eigenvalue weighted by molar-refractivity contribution is 9.10. The van der Waals surface area contributed by atoms with E-state index in [1.165, 1.54) is 17.7 Å². The highest BCUT2D eigenvalue weighted by atomic mass is 79.9. The van der Waals surface area contributed by atoms with Crippen molar-refractivity contribution in [2.24, 2.45) is 5.92 Å². The van der Waals surface area contributed by atoms with Gasteiger partial charge in [0.15, 0.2) is 0 Å². The first kappa shape index (κ1) is 14.7. The minimum atomic E-state index is 0.554. The Morgan fingerprint density at radius 2 is 2.29 bits per heavy atom. The summed E-state index contributed by atoms with van der Waals surface area (Å²) in [5.41, 5.74) is 6.55. The Kier molecular flexibility index (Phi) is 4.35. The van der Waals surface area contributed by atoms with E-state index in [1.807, 2.05) is 19.2 Å². The lowest BCUT2D eigenvalue weighted by atomic mass is 10.3. The Labute approximate surface area is 137 Å². The van der Waals surface area contributed by atoms with Crippen LogP contribution in [-0.2, 0) is 6.54 Å². The number of nitrogen functional groups attached to an aromatic ring is 1. The number of thiophene rings is 1. The fraction of sp³-hybridized carbons (Fsp3) is 0.400. The second kappa shape index (κ2) is 6.23. The molecule has 1 fully saturated rings. The van der Waals surface area contributed by atoms with Crippen molar-refractivity contribution in [2.75, 3.05) is 24.3 Å². The zero-order valence-corrected chi connectivity index (χ0v) is 14.3. The Morgan fingerprint density at radius 3 is 2.95 bits per heavy atom. The number of halogens is 1. The van der Waals surface area contributed by atoms with E-state index in [4.69, 9.17) is 10.5 Å². The molecule has 0 amide bonds. The van der Waals surface area contributed by atoms with Gasteiger partial charge in [-0.3, -0.25) is 0 Å². The van der Waals surface area contributed by atoms with E-state index in [0.717, 1.165) is 23.4 Å². The average Bonchev–Trinajstić information content (AvgIpc) is 3.20. The zero-order valence-electron chi connectivity index (χ0n) is 11.9. The molecule has 0 aliphatic heterocycles. The summed E-state index contributed by atoms with van der Waals surface area (Å²) in [7, 11) is 2.02. The molecule has 2 aromatic heterocycles. The van der Waals surface area contributed by atoms with Crippen molar-refractivity contribution in [1.29, 1.82) is 0 Å². The largest absolute Gasteiger partial charge is 0.476 e. The highest BCUT2D eigenvalue weighted by Gasteiger charge is 2.22. The summed E-state index contributed by atoms with van der Waals surface area (Å²) in [5.74, 6) is 2.12. The number of ether oxygens (including phenoxy) is 1. The third kappa shape index (κ3) is 3.89. The molecule has 0 radical (unpaired) electrons. The summed E-state index contributed by atoms with van der Waals surface area (Å²) in [4.78, 5) is 7.93. The summed E-state index contributed by atoms with van der Waals surface area (Å²) in [6.07, 6.45) is 2.51. The van der Waals surface area contributed by atoms with E-state index in [0.29, 0.717) is 17.5 Å². The lowest BCUT2D eigenvalue weighted by Gasteiger charge is -2.18. The van der Waals surface area contributed by atoms with E-state index in [9.17, 15) is 0 Å². The van der Waals surface area contributed by atoms with E-state index in [1.54, 1.807) is 11.3 Å². The summed E-state index contributed by atoms with van der Waals surface area (Å²) >= 11 is 5.21. The van der Waals surface area contributed by atoms with Gasteiger partial charge in [-0.2, -0.15) is 4.98 Å². The molecule has 0 saturated heterocycles. The van der Waals surface area contributed by atoms with E-state index >= 15 is 0 Å². The predicted octanol–water partition coefficient (Wildman–Crippen LogP) is 3.91. The molecule has 0 atom stereocenters. The molecule has 0 spiro atoms. The van der Waals surface area contributed by atoms with Crippen LogP contribution in [0, 0.1) is 5.92 Å². The van der Waals surface area contributed by atoms with Crippen LogP contribution in [-0.4, -0.2) is 18.6 Å². The smallest absolute Gasteiger partial charge is 0.239 e. The molecule has 2 heterocycles. The van der Waals surface area contributed by atoms with Crippen LogP contribution in [0.5, 0.6) is 5.88 Å². The van der Waals surface area contributed by atoms with Gasteiger partial charge < -0.3 is 15.4 Å². The van der Waals surface area contributed by atoms with E-state index in [-0.39, 0.29) is 0 Å². The van der Waals surface area contributed by atoms with Gasteiger partial charge in [0.2, 0.25) is 5.88 Å². The number of aromatic nitrogens is 1. The fourth-order valence-corrected chi connectivity index (χ4v) is 3.51. The van der Waals surface area contributed by atoms with Gasteiger partial charge in [-0.05, 0) is 52.9 Å². The first-order valence-corrected chi connectivity index (χ1v) is 8.62. The molecular formula is C15H18BrN3OS. The molecule has 1 aliphatic rings. The lowest BCUT2D eigenvalue weighted by Crippen LogP contribution is -2.17. The molecule has 6 heteroatoms. The van der Waals surface area contributed by atoms with Gasteiger partial charge >= 0.3 is 0 Å². The molecule has 3 rings (SSSR count). The molecule has 2 aromatic rings. The van der Waals surface area contributed by atoms with Crippen molar-refractivity contribution in [2.45, 2.75) is 19.4 Å². The van der Waals surface area contributed by atoms with Gasteiger partial charge in [-0.15, -0.1) is 11.3 Å². The highest BCUT2D eigenvalue weighted by Crippen LogP contribution is 2.31. The number of pyridine rings is 1. The monoisotopic (exact) mass is 367 g/mol. The van der Waals surface area contributed by atoms with Crippen molar-refractivity contribution >= 4 is 38.8 Å². The van der Waals surface area contributed by atoms with Crippen molar-refractivity contribution in [3.8, 4) is 5.88 Å². The first-order chi connectivity index (χ1) is 10.1. The maximum atomic E-state index is 5.94. The van der Waals surface area contributed by atoms with Gasteiger partial charge in [-0.1, -0.05) is 0 Å². The van der Waals surface area contributed by atoms with Crippen LogP contribution in [0.2, 0.25) is 0 Å². The fourth-order valence-electron chi connectivity index (χ4n) is 2.00. The maximum Gasteiger partial charge on any atom is 0.239 e.